The standard InChI is InChI=1S/C24H20Cl2N6O7S/c1-13-10-14(25)11-15(23(33)27-2)21(13)29-24(34)18-12-20(30-31(18)22-16(26)6-5-9-28-22)39-40(37,38)19-8-4-3-7-17(19)32(35)36/h3-11,18H,12H2,1-2H3,(H,27,33)(H,29,34). The lowest BCUT2D eigenvalue weighted by atomic mass is 10.1. The first-order valence-electron chi connectivity index (χ1n) is 11.4. The van der Waals surface area contributed by atoms with E-state index in [2.05, 4.69) is 20.7 Å². The molecule has 2 N–H and O–H groups in total. The summed E-state index contributed by atoms with van der Waals surface area (Å²) in [4.78, 5) is 40.0. The van der Waals surface area contributed by atoms with Gasteiger partial charge in [-0.2, -0.15) is 8.42 Å². The number of hydrogen-bond acceptors (Lipinski definition) is 10. The third kappa shape index (κ3) is 5.83. The number of pyridine rings is 1. The second-order valence-corrected chi connectivity index (χ2v) is 10.7. The van der Waals surface area contributed by atoms with Crippen LogP contribution in [0.2, 0.25) is 10.0 Å². The zero-order chi connectivity index (χ0) is 29.2. The van der Waals surface area contributed by atoms with Gasteiger partial charge in [0.15, 0.2) is 10.7 Å². The normalized spacial score (nSPS) is 14.8. The molecule has 2 aromatic carbocycles. The first-order valence-corrected chi connectivity index (χ1v) is 13.6. The van der Waals surface area contributed by atoms with Crippen LogP contribution >= 0.6 is 23.2 Å². The second-order valence-electron chi connectivity index (χ2n) is 8.34. The third-order valence-corrected chi connectivity index (χ3v) is 7.51. The van der Waals surface area contributed by atoms with Gasteiger partial charge >= 0.3 is 10.1 Å². The molecule has 1 aromatic heterocycles. The first-order chi connectivity index (χ1) is 18.9. The molecule has 40 heavy (non-hydrogen) atoms. The fourth-order valence-electron chi connectivity index (χ4n) is 3.90. The van der Waals surface area contributed by atoms with Gasteiger partial charge in [0, 0.05) is 24.3 Å². The van der Waals surface area contributed by atoms with Gasteiger partial charge in [-0.1, -0.05) is 35.3 Å². The Labute approximate surface area is 238 Å². The molecule has 3 aromatic rings. The highest BCUT2D eigenvalue weighted by molar-refractivity contribution is 7.87. The molecule has 208 valence electrons. The van der Waals surface area contributed by atoms with E-state index < -0.39 is 49.4 Å². The van der Waals surface area contributed by atoms with Gasteiger partial charge in [-0.15, -0.1) is 5.10 Å². The lowest BCUT2D eigenvalue weighted by Crippen LogP contribution is -2.39. The number of amides is 2. The van der Waals surface area contributed by atoms with Crippen molar-refractivity contribution in [3.05, 3.63) is 86.0 Å². The lowest BCUT2D eigenvalue weighted by molar-refractivity contribution is -0.387. The van der Waals surface area contributed by atoms with Gasteiger partial charge in [-0.25, -0.2) is 9.99 Å². The number of carbonyl (C=O) groups is 2. The molecule has 1 aliphatic rings. The number of aryl methyl sites for hydroxylation is 1. The Bertz CT molecular complexity index is 1670. The van der Waals surface area contributed by atoms with Crippen LogP contribution in [0.25, 0.3) is 0 Å². The van der Waals surface area contributed by atoms with Crippen LogP contribution < -0.4 is 15.6 Å². The summed E-state index contributed by atoms with van der Waals surface area (Å²) in [5.41, 5.74) is 0.0523. The molecule has 13 nitrogen and oxygen atoms in total. The fourth-order valence-corrected chi connectivity index (χ4v) is 5.47. The van der Waals surface area contributed by atoms with Crippen LogP contribution in [0.5, 0.6) is 0 Å². The van der Waals surface area contributed by atoms with Crippen molar-refractivity contribution in [2.24, 2.45) is 5.10 Å². The van der Waals surface area contributed by atoms with E-state index in [1.165, 1.54) is 37.5 Å². The molecule has 2 heterocycles. The number of para-hydroxylation sites is 1. The zero-order valence-corrected chi connectivity index (χ0v) is 23.1. The molecule has 1 atom stereocenters. The monoisotopic (exact) mass is 606 g/mol. The van der Waals surface area contributed by atoms with E-state index in [0.717, 1.165) is 17.1 Å². The largest absolute Gasteiger partial charge is 0.361 e. The average molecular weight is 607 g/mol. The van der Waals surface area contributed by atoms with Crippen LogP contribution in [-0.2, 0) is 19.1 Å². The Kier molecular flexibility index (Phi) is 8.23. The third-order valence-electron chi connectivity index (χ3n) is 5.70. The Morgan fingerprint density at radius 3 is 2.58 bits per heavy atom. The summed E-state index contributed by atoms with van der Waals surface area (Å²) < 4.78 is 31.2. The van der Waals surface area contributed by atoms with E-state index in [-0.39, 0.29) is 33.5 Å². The molecular formula is C24H20Cl2N6O7S. The van der Waals surface area contributed by atoms with Crippen LogP contribution in [0.4, 0.5) is 17.2 Å². The number of nitrogens with one attached hydrogen (secondary N) is 2. The second kappa shape index (κ2) is 11.5. The molecule has 1 aliphatic heterocycles. The molecule has 0 saturated carbocycles. The number of anilines is 2. The van der Waals surface area contributed by atoms with Crippen LogP contribution in [0.1, 0.15) is 22.3 Å². The van der Waals surface area contributed by atoms with Gasteiger partial charge in [-0.3, -0.25) is 19.7 Å². The highest BCUT2D eigenvalue weighted by Gasteiger charge is 2.40. The SMILES string of the molecule is CNC(=O)c1cc(Cl)cc(C)c1NC(=O)C1CC(OS(=O)(=O)c2ccccc2[N+](=O)[O-])=NN1c1ncccc1Cl. The Hall–Kier alpha value is -4.27. The molecule has 2 amide bonds. The maximum Gasteiger partial charge on any atom is 0.347 e. The van der Waals surface area contributed by atoms with Crippen molar-refractivity contribution in [2.75, 3.05) is 17.4 Å². The smallest absolute Gasteiger partial charge is 0.347 e. The van der Waals surface area contributed by atoms with Crippen LogP contribution in [-0.4, -0.2) is 49.1 Å². The molecule has 0 saturated heterocycles. The number of nitro benzene ring substituents is 1. The van der Waals surface area contributed by atoms with Gasteiger partial charge in [0.25, 0.3) is 11.6 Å². The number of rotatable bonds is 7. The van der Waals surface area contributed by atoms with E-state index >= 15 is 0 Å². The highest BCUT2D eigenvalue weighted by atomic mass is 35.5. The maximum absolute atomic E-state index is 13.6. The van der Waals surface area contributed by atoms with Crippen molar-refractivity contribution in [1.29, 1.82) is 0 Å². The number of nitro groups is 1. The molecule has 0 spiro atoms. The van der Waals surface area contributed by atoms with Gasteiger partial charge in [-0.05, 0) is 42.8 Å². The number of halogens is 2. The summed E-state index contributed by atoms with van der Waals surface area (Å²) >= 11 is 12.4. The first kappa shape index (κ1) is 28.7. The summed E-state index contributed by atoms with van der Waals surface area (Å²) in [6.07, 6.45) is 1.00. The molecular weight excluding hydrogens is 587 g/mol. The number of hydrazone groups is 1. The van der Waals surface area contributed by atoms with Crippen molar-refractivity contribution in [3.8, 4) is 0 Å². The van der Waals surface area contributed by atoms with Gasteiger partial charge in [0.2, 0.25) is 11.8 Å². The van der Waals surface area contributed by atoms with Crippen molar-refractivity contribution >= 4 is 68.2 Å². The van der Waals surface area contributed by atoms with Crippen LogP contribution in [0, 0.1) is 17.0 Å². The van der Waals surface area contributed by atoms with Crippen molar-refractivity contribution in [1.82, 2.24) is 10.3 Å². The Balaban J connectivity index is 1.70. The fraction of sp³-hybridized carbons (Fsp3) is 0.167. The van der Waals surface area contributed by atoms with E-state index in [1.54, 1.807) is 19.1 Å². The van der Waals surface area contributed by atoms with Crippen LogP contribution in [0.15, 0.2) is 64.7 Å². The maximum atomic E-state index is 13.6. The summed E-state index contributed by atoms with van der Waals surface area (Å²) in [5, 5.41) is 22.1. The summed E-state index contributed by atoms with van der Waals surface area (Å²) in [5.74, 6) is -1.64. The Morgan fingerprint density at radius 2 is 1.90 bits per heavy atom. The summed E-state index contributed by atoms with van der Waals surface area (Å²) in [6.45, 7) is 1.64. The van der Waals surface area contributed by atoms with Crippen molar-refractivity contribution in [2.45, 2.75) is 24.3 Å². The predicted octanol–water partition coefficient (Wildman–Crippen LogP) is 3.90. The number of benzene rings is 2. The van der Waals surface area contributed by atoms with E-state index in [4.69, 9.17) is 27.4 Å². The summed E-state index contributed by atoms with van der Waals surface area (Å²) in [6, 6.07) is 9.37. The van der Waals surface area contributed by atoms with Gasteiger partial charge < -0.3 is 14.8 Å². The van der Waals surface area contributed by atoms with Crippen molar-refractivity contribution < 1.29 is 27.1 Å². The quantitative estimate of drug-likeness (QED) is 0.229. The highest BCUT2D eigenvalue weighted by Crippen LogP contribution is 2.33. The van der Waals surface area contributed by atoms with Gasteiger partial charge in [0.05, 0.1) is 27.6 Å². The topological polar surface area (TPSA) is 173 Å². The Morgan fingerprint density at radius 1 is 1.18 bits per heavy atom. The molecule has 0 radical (unpaired) electrons. The molecule has 0 aliphatic carbocycles. The van der Waals surface area contributed by atoms with Gasteiger partial charge in [0.1, 0.15) is 6.04 Å². The minimum absolute atomic E-state index is 0.0189. The number of aromatic nitrogens is 1. The van der Waals surface area contributed by atoms with Crippen LogP contribution in [0.3, 0.4) is 0 Å². The molecule has 4 rings (SSSR count). The number of hydrogen-bond donors (Lipinski definition) is 2. The zero-order valence-electron chi connectivity index (χ0n) is 20.8. The van der Waals surface area contributed by atoms with Crippen molar-refractivity contribution in [3.63, 3.8) is 0 Å². The average Bonchev–Trinajstić information content (AvgIpc) is 3.32. The molecule has 0 bridgehead atoms. The molecule has 16 heteroatoms. The molecule has 1 unspecified atom stereocenters. The minimum atomic E-state index is -4.73. The van der Waals surface area contributed by atoms with E-state index in [9.17, 15) is 28.1 Å². The number of carbonyl (C=O) groups excluding carboxylic acids is 2. The van der Waals surface area contributed by atoms with E-state index in [1.807, 2.05) is 0 Å². The summed E-state index contributed by atoms with van der Waals surface area (Å²) in [7, 11) is -3.31. The van der Waals surface area contributed by atoms with E-state index in [0.29, 0.717) is 5.56 Å². The predicted molar refractivity (Wildman–Crippen MR) is 147 cm³/mol. The lowest BCUT2D eigenvalue weighted by Gasteiger charge is -2.23. The minimum Gasteiger partial charge on any atom is -0.361 e. The molecule has 0 fully saturated rings. The number of nitrogens with zero attached hydrogens (tertiary/aromatic N) is 4.